The third-order valence-corrected chi connectivity index (χ3v) is 7.08. The van der Waals surface area contributed by atoms with Crippen LogP contribution in [0.2, 0.25) is 5.02 Å². The number of amides is 1. The van der Waals surface area contributed by atoms with Gasteiger partial charge in [0.05, 0.1) is 29.1 Å². The molecule has 0 spiro atoms. The molecule has 0 saturated heterocycles. The summed E-state index contributed by atoms with van der Waals surface area (Å²) in [5.41, 5.74) is 3.26. The van der Waals surface area contributed by atoms with Crippen molar-refractivity contribution in [2.45, 2.75) is 18.7 Å². The van der Waals surface area contributed by atoms with Crippen molar-refractivity contribution in [3.8, 4) is 11.4 Å². The van der Waals surface area contributed by atoms with E-state index >= 15 is 0 Å². The van der Waals surface area contributed by atoms with E-state index in [0.717, 1.165) is 11.1 Å². The van der Waals surface area contributed by atoms with Crippen LogP contribution in [0.15, 0.2) is 78.0 Å². The molecule has 0 aliphatic rings. The topological polar surface area (TPSA) is 102 Å². The standard InChI is InChI=1S/C25H23ClN4O4S/c1-16-6-4-7-17(2)24(16)29-35(32,33)23-14-18(8-11-22(23)34-3)28-25(31)20-10-9-19(15-21(20)26)30-13-5-12-27-30/h4-15,29H,1-3H3,(H,28,31). The van der Waals surface area contributed by atoms with Crippen molar-refractivity contribution >= 4 is 38.9 Å². The van der Waals surface area contributed by atoms with E-state index in [4.69, 9.17) is 16.3 Å². The number of hydrogen-bond donors (Lipinski definition) is 2. The Morgan fingerprint density at radius 1 is 1.03 bits per heavy atom. The second kappa shape index (κ2) is 9.81. The van der Waals surface area contributed by atoms with Crippen molar-refractivity contribution in [3.63, 3.8) is 0 Å². The molecule has 0 saturated carbocycles. The van der Waals surface area contributed by atoms with Gasteiger partial charge in [-0.3, -0.25) is 9.52 Å². The molecular formula is C25H23ClN4O4S. The first-order valence-corrected chi connectivity index (χ1v) is 12.4. The van der Waals surface area contributed by atoms with Crippen LogP contribution in [0, 0.1) is 13.8 Å². The highest BCUT2D eigenvalue weighted by Crippen LogP contribution is 2.31. The zero-order valence-corrected chi connectivity index (χ0v) is 20.8. The van der Waals surface area contributed by atoms with Crippen molar-refractivity contribution in [2.24, 2.45) is 0 Å². The Balaban J connectivity index is 1.62. The fourth-order valence-electron chi connectivity index (χ4n) is 3.58. The van der Waals surface area contributed by atoms with Crippen molar-refractivity contribution in [1.29, 1.82) is 0 Å². The van der Waals surface area contributed by atoms with Crippen LogP contribution < -0.4 is 14.8 Å². The normalized spacial score (nSPS) is 11.2. The summed E-state index contributed by atoms with van der Waals surface area (Å²) < 4.78 is 36.1. The van der Waals surface area contributed by atoms with Gasteiger partial charge in [0.25, 0.3) is 15.9 Å². The zero-order valence-electron chi connectivity index (χ0n) is 19.2. The number of methoxy groups -OCH3 is 1. The minimum absolute atomic E-state index is 0.111. The first kappa shape index (κ1) is 24.3. The first-order chi connectivity index (χ1) is 16.7. The number of anilines is 2. The minimum Gasteiger partial charge on any atom is -0.495 e. The monoisotopic (exact) mass is 510 g/mol. The van der Waals surface area contributed by atoms with Crippen molar-refractivity contribution in [1.82, 2.24) is 9.78 Å². The highest BCUT2D eigenvalue weighted by molar-refractivity contribution is 7.92. The fraction of sp³-hybridized carbons (Fsp3) is 0.120. The van der Waals surface area contributed by atoms with Gasteiger partial charge in [0.1, 0.15) is 10.6 Å². The van der Waals surface area contributed by atoms with E-state index in [0.29, 0.717) is 11.4 Å². The molecule has 4 aromatic rings. The van der Waals surface area contributed by atoms with Gasteiger partial charge in [-0.25, -0.2) is 13.1 Å². The molecule has 2 N–H and O–H groups in total. The Morgan fingerprint density at radius 3 is 2.40 bits per heavy atom. The SMILES string of the molecule is COc1ccc(NC(=O)c2ccc(-n3cccn3)cc2Cl)cc1S(=O)(=O)Nc1c(C)cccc1C. The lowest BCUT2D eigenvalue weighted by atomic mass is 10.1. The van der Waals surface area contributed by atoms with Gasteiger partial charge in [-0.05, 0) is 67.4 Å². The van der Waals surface area contributed by atoms with Crippen LogP contribution in [0.3, 0.4) is 0 Å². The maximum Gasteiger partial charge on any atom is 0.265 e. The molecule has 35 heavy (non-hydrogen) atoms. The Kier molecular flexibility index (Phi) is 6.81. The lowest BCUT2D eigenvalue weighted by Crippen LogP contribution is -2.17. The number of carbonyl (C=O) groups is 1. The van der Waals surface area contributed by atoms with Crippen LogP contribution in [0.25, 0.3) is 5.69 Å². The number of ether oxygens (including phenoxy) is 1. The summed E-state index contributed by atoms with van der Waals surface area (Å²) in [7, 11) is -2.64. The summed E-state index contributed by atoms with van der Waals surface area (Å²) in [6.07, 6.45) is 3.40. The van der Waals surface area contributed by atoms with E-state index in [2.05, 4.69) is 15.1 Å². The molecule has 0 fully saturated rings. The van der Waals surface area contributed by atoms with E-state index in [1.54, 1.807) is 47.4 Å². The minimum atomic E-state index is -4.02. The van der Waals surface area contributed by atoms with Gasteiger partial charge in [0, 0.05) is 18.1 Å². The van der Waals surface area contributed by atoms with Crippen molar-refractivity contribution in [3.05, 3.63) is 94.8 Å². The number of aryl methyl sites for hydroxylation is 2. The van der Waals surface area contributed by atoms with Crippen LogP contribution in [0.1, 0.15) is 21.5 Å². The number of benzene rings is 3. The van der Waals surface area contributed by atoms with Crippen molar-refractivity contribution < 1.29 is 17.9 Å². The summed E-state index contributed by atoms with van der Waals surface area (Å²) in [5, 5.41) is 7.08. The smallest absolute Gasteiger partial charge is 0.265 e. The van der Waals surface area contributed by atoms with Gasteiger partial charge < -0.3 is 10.1 Å². The Morgan fingerprint density at radius 2 is 1.77 bits per heavy atom. The fourth-order valence-corrected chi connectivity index (χ4v) is 5.24. The lowest BCUT2D eigenvalue weighted by molar-refractivity contribution is 0.102. The quantitative estimate of drug-likeness (QED) is 0.355. The van der Waals surface area contributed by atoms with Crippen LogP contribution in [-0.4, -0.2) is 31.2 Å². The second-order valence-corrected chi connectivity index (χ2v) is 9.86. The van der Waals surface area contributed by atoms with Crippen LogP contribution in [-0.2, 0) is 10.0 Å². The molecule has 0 aliphatic heterocycles. The average molecular weight is 511 g/mol. The first-order valence-electron chi connectivity index (χ1n) is 10.6. The molecule has 0 bridgehead atoms. The van der Waals surface area contributed by atoms with Gasteiger partial charge in [-0.1, -0.05) is 29.8 Å². The van der Waals surface area contributed by atoms with Gasteiger partial charge in [0.15, 0.2) is 0 Å². The number of hydrogen-bond acceptors (Lipinski definition) is 5. The molecule has 10 heteroatoms. The van der Waals surface area contributed by atoms with E-state index in [1.807, 2.05) is 32.0 Å². The molecule has 0 atom stereocenters. The van der Waals surface area contributed by atoms with Crippen LogP contribution in [0.4, 0.5) is 11.4 Å². The maximum absolute atomic E-state index is 13.3. The largest absolute Gasteiger partial charge is 0.495 e. The molecule has 0 radical (unpaired) electrons. The number of para-hydroxylation sites is 1. The van der Waals surface area contributed by atoms with E-state index in [-0.39, 0.29) is 26.9 Å². The summed E-state index contributed by atoms with van der Waals surface area (Å²) in [5.74, 6) is -0.346. The van der Waals surface area contributed by atoms with Crippen LogP contribution >= 0.6 is 11.6 Å². The predicted molar refractivity (Wildman–Crippen MR) is 136 cm³/mol. The number of nitrogens with one attached hydrogen (secondary N) is 2. The van der Waals surface area contributed by atoms with Gasteiger partial charge in [-0.15, -0.1) is 0 Å². The van der Waals surface area contributed by atoms with E-state index in [1.165, 1.54) is 19.2 Å². The highest BCUT2D eigenvalue weighted by atomic mass is 35.5. The van der Waals surface area contributed by atoms with Crippen LogP contribution in [0.5, 0.6) is 5.75 Å². The summed E-state index contributed by atoms with van der Waals surface area (Å²) in [4.78, 5) is 12.8. The van der Waals surface area contributed by atoms with E-state index < -0.39 is 15.9 Å². The number of rotatable bonds is 7. The number of sulfonamides is 1. The number of nitrogens with zero attached hydrogens (tertiary/aromatic N) is 2. The molecular weight excluding hydrogens is 488 g/mol. The van der Waals surface area contributed by atoms with E-state index in [9.17, 15) is 13.2 Å². The molecule has 0 unspecified atom stereocenters. The van der Waals surface area contributed by atoms with Crippen molar-refractivity contribution in [2.75, 3.05) is 17.1 Å². The molecule has 1 aromatic heterocycles. The average Bonchev–Trinajstić information content (AvgIpc) is 3.36. The molecule has 180 valence electrons. The summed E-state index contributed by atoms with van der Waals surface area (Å²) >= 11 is 6.35. The second-order valence-electron chi connectivity index (χ2n) is 7.81. The molecule has 0 aliphatic carbocycles. The summed E-state index contributed by atoms with van der Waals surface area (Å²) in [6, 6.07) is 16.6. The van der Waals surface area contributed by atoms with Gasteiger partial charge >= 0.3 is 0 Å². The number of aromatic nitrogens is 2. The van der Waals surface area contributed by atoms with Gasteiger partial charge in [0.2, 0.25) is 0 Å². The molecule has 8 nitrogen and oxygen atoms in total. The number of carbonyl (C=O) groups excluding carboxylic acids is 1. The Hall–Kier alpha value is -3.82. The molecule has 1 amide bonds. The lowest BCUT2D eigenvalue weighted by Gasteiger charge is -2.16. The number of halogens is 1. The molecule has 3 aromatic carbocycles. The van der Waals surface area contributed by atoms with Gasteiger partial charge in [-0.2, -0.15) is 5.10 Å². The molecule has 4 rings (SSSR count). The summed E-state index contributed by atoms with van der Waals surface area (Å²) in [6.45, 7) is 3.64. The Labute approximate surface area is 208 Å². The zero-order chi connectivity index (χ0) is 25.2. The third-order valence-electron chi connectivity index (χ3n) is 5.39. The predicted octanol–water partition coefficient (Wildman–Crippen LogP) is 5.20. The third kappa shape index (κ3) is 5.16. The highest BCUT2D eigenvalue weighted by Gasteiger charge is 2.23. The molecule has 1 heterocycles. The maximum atomic E-state index is 13.3. The Bertz CT molecular complexity index is 1480.